The van der Waals surface area contributed by atoms with Crippen LogP contribution in [0, 0.1) is 40.5 Å². The molecule has 0 aliphatic heterocycles. The summed E-state index contributed by atoms with van der Waals surface area (Å²) in [5.41, 5.74) is -0.413. The van der Waals surface area contributed by atoms with Gasteiger partial charge < -0.3 is 20.4 Å². The second kappa shape index (κ2) is 23.0. The first kappa shape index (κ1) is 50.7. The number of hydrogen-bond donors (Lipinski definition) is 0. The standard InChI is InChI=1S/2C19H12ClN5O6.Cr.Li/c2*20-15-8-13(24(28)29)2-4-16(15)23-22-12-1-5-18(26)11(7-12)10-21-17-9-14(25(30)31)3-6-19(17)27;;/h2*1-10,26-27H;;/q;;+3;+1/p-4. The Hall–Kier alpha value is -7.63. The Morgan fingerprint density at radius 1 is 0.406 bits per heavy atom. The molecule has 6 aromatic carbocycles. The molecular formula is C38H20Cl2CrLiN10O12. The number of nitro groups is 4. The Balaban J connectivity index is 0.000000330. The second-order valence-corrected chi connectivity index (χ2v) is 12.8. The van der Waals surface area contributed by atoms with Crippen molar-refractivity contribution < 1.29 is 76.3 Å². The maximum Gasteiger partial charge on any atom is 3.00 e. The third-order valence-corrected chi connectivity index (χ3v) is 8.41. The molecule has 26 heteroatoms. The summed E-state index contributed by atoms with van der Waals surface area (Å²) < 4.78 is 0. The predicted molar refractivity (Wildman–Crippen MR) is 216 cm³/mol. The van der Waals surface area contributed by atoms with E-state index in [1.54, 1.807) is 0 Å². The molecule has 0 saturated carbocycles. The topological polar surface area (TPSA) is 339 Å². The quantitative estimate of drug-likeness (QED) is 0.0452. The van der Waals surface area contributed by atoms with Crippen LogP contribution in [0.4, 0.5) is 56.9 Å². The van der Waals surface area contributed by atoms with Crippen molar-refractivity contribution >= 4 is 92.5 Å². The zero-order valence-electron chi connectivity index (χ0n) is 32.1. The Bertz CT molecular complexity index is 2700. The first-order valence-electron chi connectivity index (χ1n) is 16.8. The molecule has 315 valence electrons. The summed E-state index contributed by atoms with van der Waals surface area (Å²) in [5, 5.41) is 107. The molecule has 0 N–H and O–H groups in total. The van der Waals surface area contributed by atoms with Gasteiger partial charge in [-0.05, 0) is 47.5 Å². The van der Waals surface area contributed by atoms with Crippen LogP contribution >= 0.6 is 23.2 Å². The minimum absolute atomic E-state index is 0. The van der Waals surface area contributed by atoms with Gasteiger partial charge in [0.1, 0.15) is 11.4 Å². The van der Waals surface area contributed by atoms with Crippen molar-refractivity contribution in [3.05, 3.63) is 171 Å². The van der Waals surface area contributed by atoms with Gasteiger partial charge >= 0.3 is 36.2 Å². The van der Waals surface area contributed by atoms with Crippen LogP contribution in [0.25, 0.3) is 0 Å². The molecule has 0 heterocycles. The number of non-ortho nitro benzene ring substituents is 4. The summed E-state index contributed by atoms with van der Waals surface area (Å²) >= 11 is 11.9. The van der Waals surface area contributed by atoms with Crippen molar-refractivity contribution in [2.24, 2.45) is 30.4 Å². The molecular weight excluding hydrogens is 918 g/mol. The molecule has 0 amide bonds. The van der Waals surface area contributed by atoms with Gasteiger partial charge in [0.05, 0.1) is 52.5 Å². The molecule has 6 rings (SSSR count). The normalized spacial score (nSPS) is 10.9. The smallest absolute Gasteiger partial charge is 0.872 e. The van der Waals surface area contributed by atoms with E-state index in [1.807, 2.05) is 0 Å². The summed E-state index contributed by atoms with van der Waals surface area (Å²) in [6.07, 6.45) is 2.20. The number of nitrogens with zero attached hydrogens (tertiary/aromatic N) is 10. The van der Waals surface area contributed by atoms with Gasteiger partial charge in [0.15, 0.2) is 0 Å². The molecule has 64 heavy (non-hydrogen) atoms. The number of hydrogen-bond acceptors (Lipinski definition) is 18. The fraction of sp³-hybridized carbons (Fsp3) is 0. The number of benzene rings is 6. The van der Waals surface area contributed by atoms with Crippen molar-refractivity contribution in [3.8, 4) is 23.0 Å². The number of halogens is 2. The molecule has 0 aliphatic carbocycles. The third-order valence-electron chi connectivity index (χ3n) is 7.81. The zero-order valence-corrected chi connectivity index (χ0v) is 34.9. The van der Waals surface area contributed by atoms with Crippen LogP contribution < -0.4 is 39.3 Å². The molecule has 0 unspecified atom stereocenters. The van der Waals surface area contributed by atoms with Crippen LogP contribution in [0.15, 0.2) is 140 Å². The van der Waals surface area contributed by atoms with Crippen LogP contribution in [-0.4, -0.2) is 32.1 Å². The predicted octanol–water partition coefficient (Wildman–Crippen LogP) is 5.94. The molecule has 0 bridgehead atoms. The van der Waals surface area contributed by atoms with Crippen molar-refractivity contribution in [2.45, 2.75) is 0 Å². The Morgan fingerprint density at radius 3 is 1.05 bits per heavy atom. The van der Waals surface area contributed by atoms with Crippen molar-refractivity contribution in [1.82, 2.24) is 0 Å². The number of aliphatic imine (C=N–C) groups is 2. The number of rotatable bonds is 12. The Morgan fingerprint density at radius 2 is 0.719 bits per heavy atom. The van der Waals surface area contributed by atoms with Crippen molar-refractivity contribution in [3.63, 3.8) is 0 Å². The largest absolute Gasteiger partial charge is 3.00 e. The molecule has 0 spiro atoms. The molecule has 0 aliphatic rings. The van der Waals surface area contributed by atoms with Crippen LogP contribution in [0.1, 0.15) is 11.1 Å². The van der Waals surface area contributed by atoms with Crippen molar-refractivity contribution in [2.75, 3.05) is 0 Å². The summed E-state index contributed by atoms with van der Waals surface area (Å²) in [7, 11) is 0. The van der Waals surface area contributed by atoms with Crippen LogP contribution in [0.2, 0.25) is 10.0 Å². The molecule has 0 saturated heterocycles. The molecule has 0 atom stereocenters. The maximum atomic E-state index is 12.0. The van der Waals surface area contributed by atoms with E-state index in [4.69, 9.17) is 23.2 Å². The summed E-state index contributed by atoms with van der Waals surface area (Å²) in [4.78, 5) is 48.4. The van der Waals surface area contributed by atoms with Gasteiger partial charge in [-0.1, -0.05) is 70.5 Å². The monoisotopic (exact) mass is 937 g/mol. The van der Waals surface area contributed by atoms with E-state index in [-0.39, 0.29) is 114 Å². The van der Waals surface area contributed by atoms with E-state index < -0.39 is 42.7 Å². The van der Waals surface area contributed by atoms with Gasteiger partial charge in [0.25, 0.3) is 22.7 Å². The maximum absolute atomic E-state index is 12.0. The number of azo groups is 2. The van der Waals surface area contributed by atoms with Gasteiger partial charge in [0.2, 0.25) is 0 Å². The van der Waals surface area contributed by atoms with E-state index in [9.17, 15) is 60.9 Å². The van der Waals surface area contributed by atoms with Crippen LogP contribution in [0.3, 0.4) is 0 Å². The fourth-order valence-electron chi connectivity index (χ4n) is 4.72. The van der Waals surface area contributed by atoms with Gasteiger partial charge in [-0.25, -0.2) is 0 Å². The molecule has 6 aromatic rings. The van der Waals surface area contributed by atoms with Crippen molar-refractivity contribution in [1.29, 1.82) is 0 Å². The summed E-state index contributed by atoms with van der Waals surface area (Å²) in [5.74, 6) is -1.93. The van der Waals surface area contributed by atoms with E-state index in [2.05, 4.69) is 30.4 Å². The van der Waals surface area contributed by atoms with E-state index in [0.29, 0.717) is 0 Å². The first-order valence-corrected chi connectivity index (χ1v) is 17.6. The van der Waals surface area contributed by atoms with Gasteiger partial charge in [0, 0.05) is 61.0 Å². The van der Waals surface area contributed by atoms with E-state index in [1.165, 1.54) is 60.7 Å². The molecule has 22 nitrogen and oxygen atoms in total. The Labute approximate surface area is 391 Å². The van der Waals surface area contributed by atoms with Crippen LogP contribution in [0.5, 0.6) is 23.0 Å². The minimum atomic E-state index is -0.665. The van der Waals surface area contributed by atoms with Gasteiger partial charge in [-0.15, -0.1) is 10.2 Å². The SMILES string of the molecule is O=[N+]([O-])c1ccc(N=Nc2ccc([O-])c(C=Nc3cc([N+](=O)[O-])ccc3[O-])c2)c(Cl)c1.O=[N+]([O-])c1ccc(N=Nc2ccc([O-])c(C=Nc3cc([N+](=O)[O-])ccc3[O-])c2)c(Cl)c1.[Cr+3].[Li+]. The first-order chi connectivity index (χ1) is 29.5. The number of nitro benzene ring substituents is 4. The molecule has 1 radical (unpaired) electrons. The van der Waals surface area contributed by atoms with Crippen LogP contribution in [-0.2, 0) is 17.4 Å². The van der Waals surface area contributed by atoms with E-state index >= 15 is 0 Å². The van der Waals surface area contributed by atoms with E-state index in [0.717, 1.165) is 61.0 Å². The molecule has 0 aromatic heterocycles. The molecule has 0 fully saturated rings. The van der Waals surface area contributed by atoms with Gasteiger partial charge in [-0.2, -0.15) is 10.2 Å². The second-order valence-electron chi connectivity index (χ2n) is 12.0. The average Bonchev–Trinajstić information content (AvgIpc) is 3.23. The third kappa shape index (κ3) is 13.7. The minimum Gasteiger partial charge on any atom is -0.872 e. The Kier molecular flexibility index (Phi) is 18.2. The summed E-state index contributed by atoms with van der Waals surface area (Å²) in [6, 6.07) is 21.4. The average molecular weight is 938 g/mol. The summed E-state index contributed by atoms with van der Waals surface area (Å²) in [6.45, 7) is 0. The zero-order chi connectivity index (χ0) is 45.1. The van der Waals surface area contributed by atoms with Gasteiger partial charge in [-0.3, -0.25) is 50.4 Å². The fourth-order valence-corrected chi connectivity index (χ4v) is 5.15.